The van der Waals surface area contributed by atoms with E-state index in [1.807, 2.05) is 0 Å². The second-order valence-electron chi connectivity index (χ2n) is 10.3. The van der Waals surface area contributed by atoms with Crippen LogP contribution in [0.4, 0.5) is 0 Å². The van der Waals surface area contributed by atoms with Gasteiger partial charge in [-0.15, -0.1) is 0 Å². The van der Waals surface area contributed by atoms with Gasteiger partial charge in [-0.05, 0) is 110 Å². The van der Waals surface area contributed by atoms with Gasteiger partial charge in [0.15, 0.2) is 0 Å². The molecule has 0 heterocycles. The number of benzene rings is 8. The predicted molar refractivity (Wildman–Crippen MR) is 173 cm³/mol. The zero-order valence-electron chi connectivity index (χ0n) is 21.2. The van der Waals surface area contributed by atoms with Crippen molar-refractivity contribution in [3.8, 4) is 22.3 Å². The number of hydrogen-bond donors (Lipinski definition) is 0. The van der Waals surface area contributed by atoms with Crippen molar-refractivity contribution in [3.63, 3.8) is 0 Å². The molecule has 1 heteroatoms. The molecule has 0 spiro atoms. The second-order valence-corrected chi connectivity index (χ2v) is 11.0. The van der Waals surface area contributed by atoms with Crippen LogP contribution in [0.15, 0.2) is 144 Å². The average Bonchev–Trinajstić information content (AvgIpc) is 3.00. The van der Waals surface area contributed by atoms with Crippen LogP contribution in [0.2, 0.25) is 0 Å². The van der Waals surface area contributed by atoms with Crippen molar-refractivity contribution < 1.29 is 0 Å². The summed E-state index contributed by atoms with van der Waals surface area (Å²) in [5, 5.41) is 12.6. The highest BCUT2D eigenvalue weighted by atomic mass is 79.9. The Morgan fingerprint density at radius 3 is 1.18 bits per heavy atom. The largest absolute Gasteiger partial charge is 0.0616 e. The Bertz CT molecular complexity index is 2130. The van der Waals surface area contributed by atoms with Gasteiger partial charge >= 0.3 is 0 Å². The lowest BCUT2D eigenvalue weighted by Crippen LogP contribution is -1.88. The molecule has 0 saturated heterocycles. The van der Waals surface area contributed by atoms with Crippen LogP contribution in [0.25, 0.3) is 76.1 Å². The third-order valence-electron chi connectivity index (χ3n) is 8.05. The molecule has 0 aliphatic heterocycles. The normalized spacial score (nSPS) is 11.7. The van der Waals surface area contributed by atoms with E-state index < -0.39 is 0 Å². The first-order valence-electron chi connectivity index (χ1n) is 13.3. The molecule has 0 fully saturated rings. The van der Waals surface area contributed by atoms with Gasteiger partial charge in [0.25, 0.3) is 0 Å². The predicted octanol–water partition coefficient (Wildman–Crippen LogP) is 11.5. The molecule has 8 aromatic carbocycles. The van der Waals surface area contributed by atoms with Crippen LogP contribution < -0.4 is 0 Å². The minimum absolute atomic E-state index is 1.16. The van der Waals surface area contributed by atoms with Gasteiger partial charge in [-0.25, -0.2) is 0 Å². The zero-order chi connectivity index (χ0) is 25.9. The van der Waals surface area contributed by atoms with Gasteiger partial charge in [-0.1, -0.05) is 121 Å². The lowest BCUT2D eigenvalue weighted by atomic mass is 9.89. The van der Waals surface area contributed by atoms with Gasteiger partial charge in [0.05, 0.1) is 0 Å². The van der Waals surface area contributed by atoms with E-state index in [1.165, 1.54) is 76.1 Å². The van der Waals surface area contributed by atoms with E-state index in [2.05, 4.69) is 155 Å². The molecule has 39 heavy (non-hydrogen) atoms. The van der Waals surface area contributed by atoms with E-state index in [0.717, 1.165) is 4.47 Å². The summed E-state index contributed by atoms with van der Waals surface area (Å²) < 4.78 is 1.16. The first-order valence-corrected chi connectivity index (χ1v) is 14.1. The third kappa shape index (κ3) is 3.51. The first-order chi connectivity index (χ1) is 19.3. The molecule has 0 nitrogen and oxygen atoms in total. The highest BCUT2D eigenvalue weighted by molar-refractivity contribution is 9.10. The molecule has 0 aromatic heterocycles. The fourth-order valence-electron chi connectivity index (χ4n) is 6.27. The molecule has 0 atom stereocenters. The van der Waals surface area contributed by atoms with Gasteiger partial charge < -0.3 is 0 Å². The molecule has 0 N–H and O–H groups in total. The zero-order valence-corrected chi connectivity index (χ0v) is 22.7. The molecule has 8 aromatic rings. The molecule has 0 amide bonds. The van der Waals surface area contributed by atoms with Crippen molar-refractivity contribution in [1.82, 2.24) is 0 Å². The molecule has 0 saturated carbocycles. The molecular formula is C38H23Br. The maximum absolute atomic E-state index is 3.89. The van der Waals surface area contributed by atoms with Gasteiger partial charge in [-0.3, -0.25) is 0 Å². The van der Waals surface area contributed by atoms with E-state index in [0.29, 0.717) is 0 Å². The molecule has 0 aliphatic rings. The Labute approximate surface area is 235 Å². The molecule has 0 aliphatic carbocycles. The molecule has 8 rings (SSSR count). The smallest absolute Gasteiger partial charge is 0.0332 e. The summed E-state index contributed by atoms with van der Waals surface area (Å²) in [5.41, 5.74) is 5.09. The Balaban J connectivity index is 1.36. The molecule has 0 bridgehead atoms. The highest BCUT2D eigenvalue weighted by Crippen LogP contribution is 2.43. The van der Waals surface area contributed by atoms with Crippen molar-refractivity contribution in [2.75, 3.05) is 0 Å². The van der Waals surface area contributed by atoms with E-state index in [9.17, 15) is 0 Å². The van der Waals surface area contributed by atoms with Crippen LogP contribution in [0.1, 0.15) is 0 Å². The summed E-state index contributed by atoms with van der Waals surface area (Å²) in [6.07, 6.45) is 0. The molecule has 182 valence electrons. The van der Waals surface area contributed by atoms with Crippen molar-refractivity contribution in [2.45, 2.75) is 0 Å². The van der Waals surface area contributed by atoms with Gasteiger partial charge in [-0.2, -0.15) is 0 Å². The lowest BCUT2D eigenvalue weighted by Gasteiger charge is -2.16. The maximum atomic E-state index is 3.89. The van der Waals surface area contributed by atoms with Crippen molar-refractivity contribution in [1.29, 1.82) is 0 Å². The quantitative estimate of drug-likeness (QED) is 0.185. The lowest BCUT2D eigenvalue weighted by molar-refractivity contribution is 1.68. The summed E-state index contributed by atoms with van der Waals surface area (Å²) in [5.74, 6) is 0. The van der Waals surface area contributed by atoms with Gasteiger partial charge in [0.2, 0.25) is 0 Å². The number of rotatable bonds is 2. The number of fused-ring (bicyclic) bond motifs is 5. The van der Waals surface area contributed by atoms with E-state index in [1.54, 1.807) is 0 Å². The summed E-state index contributed by atoms with van der Waals surface area (Å²) >= 11 is 3.89. The second kappa shape index (κ2) is 8.80. The van der Waals surface area contributed by atoms with Crippen molar-refractivity contribution in [2.24, 2.45) is 0 Å². The average molecular weight is 560 g/mol. The summed E-state index contributed by atoms with van der Waals surface area (Å²) in [6.45, 7) is 0. The van der Waals surface area contributed by atoms with Crippen LogP contribution in [-0.4, -0.2) is 0 Å². The monoisotopic (exact) mass is 558 g/mol. The molecule has 0 unspecified atom stereocenters. The fraction of sp³-hybridized carbons (Fsp3) is 0. The standard InChI is InChI=1S/C38H23Br/c39-38-34-15-7-5-13-32(34)37(33-14-6-8-16-35(33)38)29-20-18-24-21-28(19-17-25(24)22-29)36-30-11-3-1-9-26(30)23-27-10-2-4-12-31(27)36/h1-23H. The number of hydrogen-bond acceptors (Lipinski definition) is 0. The van der Waals surface area contributed by atoms with Crippen molar-refractivity contribution >= 4 is 69.8 Å². The summed E-state index contributed by atoms with van der Waals surface area (Å²) in [6, 6.07) is 51.0. The van der Waals surface area contributed by atoms with E-state index in [-0.39, 0.29) is 0 Å². The summed E-state index contributed by atoms with van der Waals surface area (Å²) in [7, 11) is 0. The van der Waals surface area contributed by atoms with E-state index >= 15 is 0 Å². The topological polar surface area (TPSA) is 0 Å². The van der Waals surface area contributed by atoms with Crippen molar-refractivity contribution in [3.05, 3.63) is 144 Å². The van der Waals surface area contributed by atoms with Crippen LogP contribution in [0.5, 0.6) is 0 Å². The van der Waals surface area contributed by atoms with Gasteiger partial charge in [0, 0.05) is 4.47 Å². The molecule has 0 radical (unpaired) electrons. The first kappa shape index (κ1) is 22.5. The fourth-order valence-corrected chi connectivity index (χ4v) is 6.96. The van der Waals surface area contributed by atoms with Crippen LogP contribution in [0.3, 0.4) is 0 Å². The van der Waals surface area contributed by atoms with Gasteiger partial charge in [0.1, 0.15) is 0 Å². The number of halogens is 1. The third-order valence-corrected chi connectivity index (χ3v) is 8.91. The van der Waals surface area contributed by atoms with E-state index in [4.69, 9.17) is 0 Å². The van der Waals surface area contributed by atoms with Crippen LogP contribution >= 0.6 is 15.9 Å². The Morgan fingerprint density at radius 1 is 0.308 bits per heavy atom. The maximum Gasteiger partial charge on any atom is 0.0332 e. The van der Waals surface area contributed by atoms with Crippen LogP contribution in [0, 0.1) is 0 Å². The van der Waals surface area contributed by atoms with Crippen LogP contribution in [-0.2, 0) is 0 Å². The minimum Gasteiger partial charge on any atom is -0.0616 e. The Hall–Kier alpha value is -4.46. The summed E-state index contributed by atoms with van der Waals surface area (Å²) in [4.78, 5) is 0. The molecular weight excluding hydrogens is 536 g/mol. The minimum atomic E-state index is 1.16. The highest BCUT2D eigenvalue weighted by Gasteiger charge is 2.15. The Kier molecular flexibility index (Phi) is 5.08. The SMILES string of the molecule is Brc1c2ccccc2c(-c2ccc3cc(-c4c5ccccc5cc5ccccc45)ccc3c2)c2ccccc12. The Morgan fingerprint density at radius 2 is 0.692 bits per heavy atom.